The van der Waals surface area contributed by atoms with Crippen molar-refractivity contribution < 1.29 is 14.3 Å². The first-order chi connectivity index (χ1) is 14.6. The normalized spacial score (nSPS) is 11.4. The van der Waals surface area contributed by atoms with Crippen molar-refractivity contribution in [2.24, 2.45) is 0 Å². The molecule has 0 fully saturated rings. The molecule has 0 radical (unpaired) electrons. The summed E-state index contributed by atoms with van der Waals surface area (Å²) in [5.74, 6) is 0.382. The largest absolute Gasteiger partial charge is 0.489 e. The van der Waals surface area contributed by atoms with Crippen LogP contribution in [0.3, 0.4) is 0 Å². The molecule has 0 aliphatic rings. The summed E-state index contributed by atoms with van der Waals surface area (Å²) in [4.78, 5) is 24.3. The van der Waals surface area contributed by atoms with Gasteiger partial charge in [0, 0.05) is 18.5 Å². The van der Waals surface area contributed by atoms with Crippen LogP contribution in [-0.2, 0) is 16.2 Å². The first-order valence-corrected chi connectivity index (χ1v) is 10.0. The molecule has 3 aromatic carbocycles. The lowest BCUT2D eigenvalue weighted by Crippen LogP contribution is -2.27. The van der Waals surface area contributed by atoms with Crippen LogP contribution in [0.25, 0.3) is 0 Å². The lowest BCUT2D eigenvalue weighted by Gasteiger charge is -2.14. The summed E-state index contributed by atoms with van der Waals surface area (Å²) < 4.78 is 5.74. The highest BCUT2D eigenvalue weighted by molar-refractivity contribution is 5.93. The maximum Gasteiger partial charge on any atom is 0.224 e. The van der Waals surface area contributed by atoms with Gasteiger partial charge < -0.3 is 15.4 Å². The number of carbonyl (C=O) groups excluding carboxylic acids is 2. The Balaban J connectivity index is 1.39. The average Bonchev–Trinajstić information content (AvgIpc) is 2.78. The monoisotopic (exact) mass is 402 g/mol. The molecular weight excluding hydrogens is 376 g/mol. The second kappa shape index (κ2) is 10.8. The van der Waals surface area contributed by atoms with Gasteiger partial charge in [-0.25, -0.2) is 0 Å². The molecule has 0 bridgehead atoms. The third-order valence-electron chi connectivity index (χ3n) is 4.64. The van der Waals surface area contributed by atoms with Crippen molar-refractivity contribution in [1.29, 1.82) is 0 Å². The summed E-state index contributed by atoms with van der Waals surface area (Å²) in [6.07, 6.45) is 0.265. The van der Waals surface area contributed by atoms with Crippen LogP contribution in [0.15, 0.2) is 84.9 Å². The SMILES string of the molecule is C[C@@H](NC(=O)CCC(=O)Nc1ccc(OCc2ccccc2)cc1)c1ccccc1. The fourth-order valence-electron chi connectivity index (χ4n) is 2.96. The van der Waals surface area contributed by atoms with Gasteiger partial charge in [-0.05, 0) is 42.3 Å². The van der Waals surface area contributed by atoms with E-state index in [1.54, 1.807) is 12.1 Å². The molecule has 0 saturated carbocycles. The van der Waals surface area contributed by atoms with Crippen molar-refractivity contribution in [3.05, 3.63) is 96.1 Å². The van der Waals surface area contributed by atoms with Gasteiger partial charge in [-0.3, -0.25) is 9.59 Å². The van der Waals surface area contributed by atoms with Crippen LogP contribution < -0.4 is 15.4 Å². The summed E-state index contributed by atoms with van der Waals surface area (Å²) in [6.45, 7) is 2.41. The zero-order chi connectivity index (χ0) is 21.2. The number of carbonyl (C=O) groups is 2. The lowest BCUT2D eigenvalue weighted by atomic mass is 10.1. The van der Waals surface area contributed by atoms with Gasteiger partial charge in [-0.1, -0.05) is 60.7 Å². The first-order valence-electron chi connectivity index (χ1n) is 10.0. The van der Waals surface area contributed by atoms with Gasteiger partial charge in [0.05, 0.1) is 6.04 Å². The molecule has 2 amide bonds. The summed E-state index contributed by atoms with van der Waals surface area (Å²) >= 11 is 0. The molecule has 0 spiro atoms. The Hall–Kier alpha value is -3.60. The minimum absolute atomic E-state index is 0.0924. The molecule has 154 valence electrons. The fourth-order valence-corrected chi connectivity index (χ4v) is 2.96. The highest BCUT2D eigenvalue weighted by Gasteiger charge is 2.11. The Morgan fingerprint density at radius 3 is 2.07 bits per heavy atom. The number of amides is 2. The third kappa shape index (κ3) is 6.78. The maximum atomic E-state index is 12.1. The van der Waals surface area contributed by atoms with E-state index < -0.39 is 0 Å². The Kier molecular flexibility index (Phi) is 7.61. The van der Waals surface area contributed by atoms with Gasteiger partial charge in [0.15, 0.2) is 0 Å². The second-order valence-electron chi connectivity index (χ2n) is 7.05. The van der Waals surface area contributed by atoms with Gasteiger partial charge >= 0.3 is 0 Å². The van der Waals surface area contributed by atoms with Crippen molar-refractivity contribution in [2.45, 2.75) is 32.4 Å². The summed E-state index contributed by atoms with van der Waals surface area (Å²) in [5, 5.41) is 5.72. The number of ether oxygens (including phenoxy) is 1. The van der Waals surface area contributed by atoms with Crippen LogP contribution in [0.5, 0.6) is 5.75 Å². The van der Waals surface area contributed by atoms with Crippen LogP contribution >= 0.6 is 0 Å². The molecule has 0 aromatic heterocycles. The Labute approximate surface area is 177 Å². The minimum atomic E-state index is -0.199. The number of hydrogen-bond acceptors (Lipinski definition) is 3. The molecular formula is C25H26N2O3. The lowest BCUT2D eigenvalue weighted by molar-refractivity contribution is -0.124. The van der Waals surface area contributed by atoms with Crippen molar-refractivity contribution in [1.82, 2.24) is 5.32 Å². The highest BCUT2D eigenvalue weighted by Crippen LogP contribution is 2.17. The van der Waals surface area contributed by atoms with Crippen molar-refractivity contribution in [3.63, 3.8) is 0 Å². The molecule has 1 atom stereocenters. The smallest absolute Gasteiger partial charge is 0.224 e. The molecule has 0 aliphatic carbocycles. The number of rotatable bonds is 9. The minimum Gasteiger partial charge on any atom is -0.489 e. The maximum absolute atomic E-state index is 12.1. The van der Waals surface area contributed by atoms with E-state index >= 15 is 0 Å². The molecule has 0 saturated heterocycles. The summed E-state index contributed by atoms with van der Waals surface area (Å²) in [6, 6.07) is 26.8. The molecule has 5 nitrogen and oxygen atoms in total. The van der Waals surface area contributed by atoms with E-state index in [2.05, 4.69) is 10.6 Å². The summed E-state index contributed by atoms with van der Waals surface area (Å²) in [7, 11) is 0. The Morgan fingerprint density at radius 2 is 1.40 bits per heavy atom. The summed E-state index contributed by atoms with van der Waals surface area (Å²) in [5.41, 5.74) is 2.80. The van der Waals surface area contributed by atoms with E-state index in [4.69, 9.17) is 4.74 Å². The molecule has 30 heavy (non-hydrogen) atoms. The number of hydrogen-bond donors (Lipinski definition) is 2. The molecule has 3 rings (SSSR count). The number of anilines is 1. The van der Waals surface area contributed by atoms with Crippen LogP contribution in [0.4, 0.5) is 5.69 Å². The van der Waals surface area contributed by atoms with E-state index in [9.17, 15) is 9.59 Å². The highest BCUT2D eigenvalue weighted by atomic mass is 16.5. The topological polar surface area (TPSA) is 67.4 Å². The number of benzene rings is 3. The standard InChI is InChI=1S/C25H26N2O3/c1-19(21-10-6-3-7-11-21)26-24(28)16-17-25(29)27-22-12-14-23(15-13-22)30-18-20-8-4-2-5-9-20/h2-15,19H,16-18H2,1H3,(H,26,28)(H,27,29)/t19-/m1/s1. The van der Waals surface area contributed by atoms with Gasteiger partial charge in [0.25, 0.3) is 0 Å². The van der Waals surface area contributed by atoms with E-state index in [0.29, 0.717) is 12.3 Å². The molecule has 0 heterocycles. The fraction of sp³-hybridized carbons (Fsp3) is 0.200. The molecule has 0 aliphatic heterocycles. The zero-order valence-electron chi connectivity index (χ0n) is 17.0. The molecule has 2 N–H and O–H groups in total. The van der Waals surface area contributed by atoms with Crippen LogP contribution in [0.2, 0.25) is 0 Å². The third-order valence-corrected chi connectivity index (χ3v) is 4.64. The van der Waals surface area contributed by atoms with Gasteiger partial charge in [-0.15, -0.1) is 0 Å². The van der Waals surface area contributed by atoms with Crippen LogP contribution in [0.1, 0.15) is 36.9 Å². The average molecular weight is 402 g/mol. The molecule has 0 unspecified atom stereocenters. The van der Waals surface area contributed by atoms with E-state index in [1.807, 2.05) is 79.7 Å². The predicted octanol–water partition coefficient (Wildman–Crippen LogP) is 4.86. The molecule has 3 aromatic rings. The molecule has 5 heteroatoms. The predicted molar refractivity (Wildman–Crippen MR) is 118 cm³/mol. The van der Waals surface area contributed by atoms with Gasteiger partial charge in [-0.2, -0.15) is 0 Å². The van der Waals surface area contributed by atoms with Gasteiger partial charge in [0.2, 0.25) is 11.8 Å². The van der Waals surface area contributed by atoms with Crippen LogP contribution in [-0.4, -0.2) is 11.8 Å². The first kappa shape index (κ1) is 21.1. The Morgan fingerprint density at radius 1 is 0.800 bits per heavy atom. The van der Waals surface area contributed by atoms with Gasteiger partial charge in [0.1, 0.15) is 12.4 Å². The van der Waals surface area contributed by atoms with E-state index in [1.165, 1.54) is 0 Å². The van der Waals surface area contributed by atoms with Crippen molar-refractivity contribution in [3.8, 4) is 5.75 Å². The van der Waals surface area contributed by atoms with E-state index in [-0.39, 0.29) is 30.7 Å². The van der Waals surface area contributed by atoms with E-state index in [0.717, 1.165) is 16.9 Å². The number of nitrogens with one attached hydrogen (secondary N) is 2. The van der Waals surface area contributed by atoms with Crippen molar-refractivity contribution in [2.75, 3.05) is 5.32 Å². The zero-order valence-corrected chi connectivity index (χ0v) is 17.0. The van der Waals surface area contributed by atoms with Crippen molar-refractivity contribution >= 4 is 17.5 Å². The second-order valence-corrected chi connectivity index (χ2v) is 7.05. The quantitative estimate of drug-likeness (QED) is 0.537. The van der Waals surface area contributed by atoms with Crippen LogP contribution in [0, 0.1) is 0 Å². The Bertz CT molecular complexity index is 941.